The van der Waals surface area contributed by atoms with Gasteiger partial charge in [-0.05, 0) is 24.0 Å². The molecule has 0 aliphatic carbocycles. The van der Waals surface area contributed by atoms with E-state index in [-0.39, 0.29) is 12.3 Å². The maximum atomic E-state index is 12.2. The van der Waals surface area contributed by atoms with Gasteiger partial charge in [0.05, 0.1) is 13.2 Å². The smallest absolute Gasteiger partial charge is 0.346 e. The molecular weight excluding hydrogens is 242 g/mol. The first-order chi connectivity index (χ1) is 9.28. The molecule has 3 rings (SSSR count). The molecule has 1 aromatic heterocycles. The first-order valence-electron chi connectivity index (χ1n) is 6.63. The average Bonchev–Trinajstić information content (AvgIpc) is 2.77. The van der Waals surface area contributed by atoms with Gasteiger partial charge in [0.1, 0.15) is 5.82 Å². The molecule has 5 nitrogen and oxygen atoms in total. The number of fused-ring (bicyclic) bond motifs is 1. The van der Waals surface area contributed by atoms with E-state index in [0.29, 0.717) is 6.54 Å². The van der Waals surface area contributed by atoms with Gasteiger partial charge in [-0.25, -0.2) is 9.48 Å². The van der Waals surface area contributed by atoms with E-state index < -0.39 is 0 Å². The number of nitrogens with zero attached hydrogens (tertiary/aromatic N) is 3. The van der Waals surface area contributed by atoms with Crippen LogP contribution in [0.25, 0.3) is 0 Å². The minimum absolute atomic E-state index is 0.0130. The number of hydrogen-bond donors (Lipinski definition) is 1. The van der Waals surface area contributed by atoms with Crippen molar-refractivity contribution >= 4 is 0 Å². The Labute approximate surface area is 111 Å². The summed E-state index contributed by atoms with van der Waals surface area (Å²) in [5, 5.41) is 13.4. The quantitative estimate of drug-likeness (QED) is 0.891. The first kappa shape index (κ1) is 12.2. The molecule has 2 aromatic rings. The van der Waals surface area contributed by atoms with Gasteiger partial charge in [-0.15, -0.1) is 0 Å². The lowest BCUT2D eigenvalue weighted by atomic mass is 10.1. The van der Waals surface area contributed by atoms with Gasteiger partial charge in [0.2, 0.25) is 0 Å². The second-order valence-electron chi connectivity index (χ2n) is 4.94. The zero-order valence-corrected chi connectivity index (χ0v) is 10.7. The van der Waals surface area contributed by atoms with Crippen LogP contribution in [-0.4, -0.2) is 19.5 Å². The Morgan fingerprint density at radius 2 is 1.89 bits per heavy atom. The normalized spacial score (nSPS) is 14.4. The van der Waals surface area contributed by atoms with Crippen LogP contribution in [-0.2, 0) is 26.1 Å². The monoisotopic (exact) mass is 259 g/mol. The van der Waals surface area contributed by atoms with E-state index in [9.17, 15) is 4.79 Å². The number of rotatable bonds is 3. The average molecular weight is 259 g/mol. The summed E-state index contributed by atoms with van der Waals surface area (Å²) in [6.45, 7) is 1.32. The molecule has 100 valence electrons. The summed E-state index contributed by atoms with van der Waals surface area (Å²) >= 11 is 0. The Hall–Kier alpha value is -1.88. The lowest BCUT2D eigenvalue weighted by Gasteiger charge is -2.09. The van der Waals surface area contributed by atoms with Gasteiger partial charge >= 0.3 is 5.69 Å². The van der Waals surface area contributed by atoms with Gasteiger partial charge in [-0.1, -0.05) is 24.3 Å². The highest BCUT2D eigenvalue weighted by atomic mass is 16.3. The zero-order valence-electron chi connectivity index (χ0n) is 10.7. The molecule has 0 saturated carbocycles. The van der Waals surface area contributed by atoms with Crippen LogP contribution in [0.3, 0.4) is 0 Å². The lowest BCUT2D eigenvalue weighted by molar-refractivity contribution is 0.282. The molecule has 2 heterocycles. The van der Waals surface area contributed by atoms with Crippen molar-refractivity contribution in [1.82, 2.24) is 14.3 Å². The van der Waals surface area contributed by atoms with Gasteiger partial charge in [0, 0.05) is 13.0 Å². The highest BCUT2D eigenvalue weighted by molar-refractivity contribution is 5.22. The van der Waals surface area contributed by atoms with E-state index in [4.69, 9.17) is 5.11 Å². The fraction of sp³-hybridized carbons (Fsp3) is 0.429. The fourth-order valence-electron chi connectivity index (χ4n) is 2.47. The molecule has 0 spiro atoms. The van der Waals surface area contributed by atoms with Crippen molar-refractivity contribution in [2.45, 2.75) is 39.0 Å². The number of aryl methyl sites for hydroxylation is 1. The van der Waals surface area contributed by atoms with E-state index >= 15 is 0 Å². The first-order valence-corrected chi connectivity index (χ1v) is 6.63. The second-order valence-corrected chi connectivity index (χ2v) is 4.94. The summed E-state index contributed by atoms with van der Waals surface area (Å²) in [5.41, 5.74) is 1.89. The number of hydrogen-bond acceptors (Lipinski definition) is 3. The lowest BCUT2D eigenvalue weighted by Crippen LogP contribution is -2.27. The Bertz CT molecular complexity index is 625. The van der Waals surface area contributed by atoms with E-state index in [1.54, 1.807) is 4.57 Å². The second kappa shape index (κ2) is 5.01. The third kappa shape index (κ3) is 2.33. The zero-order chi connectivity index (χ0) is 13.2. The summed E-state index contributed by atoms with van der Waals surface area (Å²) in [6.07, 6.45) is 3.07. The van der Waals surface area contributed by atoms with Gasteiger partial charge in [-0.3, -0.25) is 4.57 Å². The molecule has 0 amide bonds. The summed E-state index contributed by atoms with van der Waals surface area (Å²) in [6, 6.07) is 7.60. The van der Waals surface area contributed by atoms with Crippen LogP contribution >= 0.6 is 0 Å². The van der Waals surface area contributed by atoms with Crippen molar-refractivity contribution in [3.63, 3.8) is 0 Å². The third-order valence-corrected chi connectivity index (χ3v) is 3.57. The largest absolute Gasteiger partial charge is 0.392 e. The predicted octanol–water partition coefficient (Wildman–Crippen LogP) is 0.922. The van der Waals surface area contributed by atoms with Crippen molar-refractivity contribution in [2.75, 3.05) is 0 Å². The molecule has 1 aliphatic heterocycles. The Kier molecular flexibility index (Phi) is 3.21. The summed E-state index contributed by atoms with van der Waals surface area (Å²) < 4.78 is 3.32. The van der Waals surface area contributed by atoms with Crippen LogP contribution in [0, 0.1) is 0 Å². The molecule has 1 aliphatic rings. The molecule has 1 aromatic carbocycles. The third-order valence-electron chi connectivity index (χ3n) is 3.57. The van der Waals surface area contributed by atoms with Crippen LogP contribution in [0.1, 0.15) is 29.8 Å². The standard InChI is InChI=1S/C14H17N3O2/c18-10-12-6-4-11(5-7-12)9-17-14(19)16-8-2-1-3-13(16)15-17/h4-7,18H,1-3,8-10H2. The Morgan fingerprint density at radius 3 is 2.58 bits per heavy atom. The summed E-state index contributed by atoms with van der Waals surface area (Å²) in [5.74, 6) is 0.906. The van der Waals surface area contributed by atoms with E-state index in [1.807, 2.05) is 24.3 Å². The molecule has 0 unspecified atom stereocenters. The molecule has 0 saturated heterocycles. The molecule has 5 heteroatoms. The van der Waals surface area contributed by atoms with Crippen molar-refractivity contribution in [2.24, 2.45) is 0 Å². The minimum atomic E-state index is -0.0130. The molecule has 0 atom stereocenters. The van der Waals surface area contributed by atoms with Gasteiger partial charge in [0.25, 0.3) is 0 Å². The molecule has 19 heavy (non-hydrogen) atoms. The topological polar surface area (TPSA) is 60.1 Å². The highest BCUT2D eigenvalue weighted by Crippen LogP contribution is 2.10. The number of aliphatic hydroxyl groups is 1. The van der Waals surface area contributed by atoms with Crippen LogP contribution in [0.15, 0.2) is 29.1 Å². The SMILES string of the molecule is O=c1n(Cc2ccc(CO)cc2)nc2n1CCCC2. The number of benzene rings is 1. The van der Waals surface area contributed by atoms with Crippen LogP contribution in [0.2, 0.25) is 0 Å². The van der Waals surface area contributed by atoms with E-state index in [1.165, 1.54) is 4.68 Å². The maximum Gasteiger partial charge on any atom is 0.346 e. The molecular formula is C14H17N3O2. The molecule has 0 radical (unpaired) electrons. The van der Waals surface area contributed by atoms with Crippen molar-refractivity contribution in [3.8, 4) is 0 Å². The highest BCUT2D eigenvalue weighted by Gasteiger charge is 2.16. The van der Waals surface area contributed by atoms with Crippen LogP contribution in [0.4, 0.5) is 0 Å². The Morgan fingerprint density at radius 1 is 1.16 bits per heavy atom. The fourth-order valence-corrected chi connectivity index (χ4v) is 2.47. The Balaban J connectivity index is 1.86. The van der Waals surface area contributed by atoms with E-state index in [2.05, 4.69) is 5.10 Å². The summed E-state index contributed by atoms with van der Waals surface area (Å²) in [7, 11) is 0. The van der Waals surface area contributed by atoms with Crippen LogP contribution < -0.4 is 5.69 Å². The number of aliphatic hydroxyl groups excluding tert-OH is 1. The van der Waals surface area contributed by atoms with Gasteiger partial charge < -0.3 is 5.11 Å². The van der Waals surface area contributed by atoms with Crippen molar-refractivity contribution in [3.05, 3.63) is 51.7 Å². The molecule has 0 bridgehead atoms. The minimum Gasteiger partial charge on any atom is -0.392 e. The summed E-state index contributed by atoms with van der Waals surface area (Å²) in [4.78, 5) is 12.2. The maximum absolute atomic E-state index is 12.2. The number of aromatic nitrogens is 3. The van der Waals surface area contributed by atoms with E-state index in [0.717, 1.165) is 42.8 Å². The predicted molar refractivity (Wildman–Crippen MR) is 70.9 cm³/mol. The van der Waals surface area contributed by atoms with Gasteiger partial charge in [-0.2, -0.15) is 5.10 Å². The molecule has 1 N–H and O–H groups in total. The van der Waals surface area contributed by atoms with Crippen molar-refractivity contribution < 1.29 is 5.11 Å². The molecule has 0 fully saturated rings. The van der Waals surface area contributed by atoms with Crippen molar-refractivity contribution in [1.29, 1.82) is 0 Å². The van der Waals surface area contributed by atoms with Crippen LogP contribution in [0.5, 0.6) is 0 Å². The van der Waals surface area contributed by atoms with Gasteiger partial charge in [0.15, 0.2) is 0 Å².